The predicted octanol–water partition coefficient (Wildman–Crippen LogP) is 2.33. The molecule has 1 fully saturated rings. The van der Waals surface area contributed by atoms with Gasteiger partial charge >= 0.3 is 0 Å². The number of hydrogen-bond donors (Lipinski definition) is 2. The molecule has 0 saturated carbocycles. The zero-order chi connectivity index (χ0) is 18.9. The molecule has 0 amide bonds. The summed E-state index contributed by atoms with van der Waals surface area (Å²) in [6.07, 6.45) is 5.27. The van der Waals surface area contributed by atoms with Crippen LogP contribution in [0, 0.1) is 0 Å². The van der Waals surface area contributed by atoms with E-state index in [-0.39, 0.29) is 6.04 Å². The van der Waals surface area contributed by atoms with E-state index in [9.17, 15) is 0 Å². The van der Waals surface area contributed by atoms with Gasteiger partial charge in [-0.05, 0) is 30.7 Å². The lowest BCUT2D eigenvalue weighted by Crippen LogP contribution is -2.45. The van der Waals surface area contributed by atoms with E-state index in [1.807, 2.05) is 24.3 Å². The highest BCUT2D eigenvalue weighted by molar-refractivity contribution is 6.32. The molecule has 2 aromatic heterocycles. The minimum Gasteiger partial charge on any atom is -0.469 e. The topological polar surface area (TPSA) is 74.9 Å². The number of anilines is 1. The molecule has 0 aliphatic carbocycles. The fraction of sp³-hybridized carbons (Fsp3) is 0.474. The molecule has 0 spiro atoms. The number of furan rings is 1. The Hall–Kier alpha value is -2.25. The van der Waals surface area contributed by atoms with Crippen LogP contribution >= 0.6 is 11.6 Å². The molecule has 7 nitrogen and oxygen atoms in total. The van der Waals surface area contributed by atoms with Crippen LogP contribution < -0.4 is 15.5 Å². The first-order chi connectivity index (χ1) is 13.3. The summed E-state index contributed by atoms with van der Waals surface area (Å²) in [6, 6.07) is 7.87. The van der Waals surface area contributed by atoms with Gasteiger partial charge in [0.15, 0.2) is 5.96 Å². The van der Waals surface area contributed by atoms with Gasteiger partial charge < -0.3 is 24.7 Å². The minimum atomic E-state index is 0.278. The number of guanidine groups is 1. The third kappa shape index (κ3) is 5.87. The monoisotopic (exact) mass is 391 g/mol. The van der Waals surface area contributed by atoms with Crippen molar-refractivity contribution in [3.8, 4) is 0 Å². The van der Waals surface area contributed by atoms with Crippen LogP contribution in [0.4, 0.5) is 5.82 Å². The standard InChI is InChI=1S/C19H26ClN5O2/c1-26-13-10-23-19(22-9-6-16-4-3-12-27-16)24-15-7-11-25(14-15)18-17(20)5-2-8-21-18/h2-5,8,12,15H,6-7,9-11,13-14H2,1H3,(H2,22,23,24). The smallest absolute Gasteiger partial charge is 0.191 e. The van der Waals surface area contributed by atoms with E-state index >= 15 is 0 Å². The molecule has 2 N–H and O–H groups in total. The molecule has 1 aliphatic heterocycles. The SMILES string of the molecule is COCCN=C(NCCc1ccco1)NC1CCN(c2ncccc2Cl)C1. The van der Waals surface area contributed by atoms with Gasteiger partial charge in [0.05, 0.1) is 24.4 Å². The van der Waals surface area contributed by atoms with Crippen molar-refractivity contribution in [1.82, 2.24) is 15.6 Å². The van der Waals surface area contributed by atoms with Crippen molar-refractivity contribution in [2.45, 2.75) is 18.9 Å². The number of pyridine rings is 1. The number of aromatic nitrogens is 1. The highest BCUT2D eigenvalue weighted by atomic mass is 35.5. The second-order valence-corrected chi connectivity index (χ2v) is 6.77. The van der Waals surface area contributed by atoms with E-state index in [4.69, 9.17) is 20.8 Å². The largest absolute Gasteiger partial charge is 0.469 e. The van der Waals surface area contributed by atoms with Crippen LogP contribution in [-0.2, 0) is 11.2 Å². The molecule has 1 aliphatic rings. The van der Waals surface area contributed by atoms with Crippen molar-refractivity contribution < 1.29 is 9.15 Å². The van der Waals surface area contributed by atoms with Gasteiger partial charge in [0.25, 0.3) is 0 Å². The van der Waals surface area contributed by atoms with Gasteiger partial charge in [-0.2, -0.15) is 0 Å². The third-order valence-electron chi connectivity index (χ3n) is 4.38. The third-order valence-corrected chi connectivity index (χ3v) is 4.67. The first-order valence-corrected chi connectivity index (χ1v) is 9.55. The first kappa shape index (κ1) is 19.5. The van der Waals surface area contributed by atoms with Crippen LogP contribution in [0.25, 0.3) is 0 Å². The minimum absolute atomic E-state index is 0.278. The summed E-state index contributed by atoms with van der Waals surface area (Å²) >= 11 is 6.28. The second kappa shape index (κ2) is 10.2. The Balaban J connectivity index is 1.53. The molecule has 0 radical (unpaired) electrons. The van der Waals surface area contributed by atoms with Gasteiger partial charge in [0.1, 0.15) is 11.6 Å². The Labute approximate surface area is 164 Å². The van der Waals surface area contributed by atoms with Gasteiger partial charge in [-0.15, -0.1) is 0 Å². The number of nitrogens with zero attached hydrogens (tertiary/aromatic N) is 3. The molecule has 146 valence electrons. The van der Waals surface area contributed by atoms with Crippen LogP contribution in [0.5, 0.6) is 0 Å². The number of aliphatic imine (C=N–C) groups is 1. The van der Waals surface area contributed by atoms with Gasteiger partial charge in [-0.3, -0.25) is 4.99 Å². The van der Waals surface area contributed by atoms with Crippen LogP contribution in [0.15, 0.2) is 46.1 Å². The van der Waals surface area contributed by atoms with E-state index in [0.29, 0.717) is 18.2 Å². The van der Waals surface area contributed by atoms with Gasteiger partial charge in [-0.25, -0.2) is 4.98 Å². The molecule has 3 rings (SSSR count). The molecule has 3 heterocycles. The number of ether oxygens (including phenoxy) is 1. The summed E-state index contributed by atoms with van der Waals surface area (Å²) in [4.78, 5) is 11.2. The number of halogens is 1. The summed E-state index contributed by atoms with van der Waals surface area (Å²) in [5.74, 6) is 2.58. The highest BCUT2D eigenvalue weighted by Crippen LogP contribution is 2.25. The number of nitrogens with one attached hydrogen (secondary N) is 2. The quantitative estimate of drug-likeness (QED) is 0.408. The Kier molecular flexibility index (Phi) is 7.36. The maximum absolute atomic E-state index is 6.28. The lowest BCUT2D eigenvalue weighted by atomic mass is 10.3. The first-order valence-electron chi connectivity index (χ1n) is 9.18. The maximum atomic E-state index is 6.28. The maximum Gasteiger partial charge on any atom is 0.191 e. The van der Waals surface area contributed by atoms with Crippen LogP contribution in [0.2, 0.25) is 5.02 Å². The van der Waals surface area contributed by atoms with E-state index in [1.165, 1.54) is 0 Å². The summed E-state index contributed by atoms with van der Waals surface area (Å²) < 4.78 is 10.5. The van der Waals surface area contributed by atoms with E-state index in [0.717, 1.165) is 50.0 Å². The molecule has 8 heteroatoms. The normalized spacial score (nSPS) is 17.3. The Morgan fingerprint density at radius 2 is 2.37 bits per heavy atom. The second-order valence-electron chi connectivity index (χ2n) is 6.36. The average Bonchev–Trinajstić information content (AvgIpc) is 3.34. The number of hydrogen-bond acceptors (Lipinski definition) is 5. The highest BCUT2D eigenvalue weighted by Gasteiger charge is 2.25. The summed E-state index contributed by atoms with van der Waals surface area (Å²) in [6.45, 7) is 3.68. The Morgan fingerprint density at radius 3 is 3.15 bits per heavy atom. The van der Waals surface area contributed by atoms with Gasteiger partial charge in [0, 0.05) is 45.4 Å². The molecule has 1 unspecified atom stereocenters. The van der Waals surface area contributed by atoms with E-state index in [2.05, 4.69) is 25.5 Å². The van der Waals surface area contributed by atoms with Crippen molar-refractivity contribution in [1.29, 1.82) is 0 Å². The van der Waals surface area contributed by atoms with Crippen LogP contribution in [0.3, 0.4) is 0 Å². The summed E-state index contributed by atoms with van der Waals surface area (Å²) in [5, 5.41) is 7.57. The van der Waals surface area contributed by atoms with Gasteiger partial charge in [0.2, 0.25) is 0 Å². The van der Waals surface area contributed by atoms with Crippen LogP contribution in [-0.4, -0.2) is 56.9 Å². The summed E-state index contributed by atoms with van der Waals surface area (Å²) in [5.41, 5.74) is 0. The van der Waals surface area contributed by atoms with E-state index < -0.39 is 0 Å². The fourth-order valence-corrected chi connectivity index (χ4v) is 3.28. The molecule has 1 saturated heterocycles. The lowest BCUT2D eigenvalue weighted by molar-refractivity contribution is 0.208. The van der Waals surface area contributed by atoms with Crippen molar-refractivity contribution in [2.24, 2.45) is 4.99 Å². The lowest BCUT2D eigenvalue weighted by Gasteiger charge is -2.20. The Bertz CT molecular complexity index is 723. The molecule has 2 aromatic rings. The number of methoxy groups -OCH3 is 1. The van der Waals surface area contributed by atoms with Crippen molar-refractivity contribution in [3.63, 3.8) is 0 Å². The molecule has 1 atom stereocenters. The van der Waals surface area contributed by atoms with E-state index in [1.54, 1.807) is 19.6 Å². The Morgan fingerprint density at radius 1 is 1.44 bits per heavy atom. The molecular weight excluding hydrogens is 366 g/mol. The van der Waals surface area contributed by atoms with Crippen molar-refractivity contribution in [3.05, 3.63) is 47.5 Å². The van der Waals surface area contributed by atoms with Crippen LogP contribution in [0.1, 0.15) is 12.2 Å². The molecule has 0 bridgehead atoms. The number of rotatable bonds is 8. The molecular formula is C19H26ClN5O2. The average molecular weight is 392 g/mol. The van der Waals surface area contributed by atoms with Gasteiger partial charge in [-0.1, -0.05) is 11.6 Å². The fourth-order valence-electron chi connectivity index (χ4n) is 3.03. The predicted molar refractivity (Wildman–Crippen MR) is 108 cm³/mol. The zero-order valence-electron chi connectivity index (χ0n) is 15.5. The molecule has 0 aromatic carbocycles. The summed E-state index contributed by atoms with van der Waals surface area (Å²) in [7, 11) is 1.68. The van der Waals surface area contributed by atoms with Crippen molar-refractivity contribution >= 4 is 23.4 Å². The zero-order valence-corrected chi connectivity index (χ0v) is 16.3. The molecule has 27 heavy (non-hydrogen) atoms. The van der Waals surface area contributed by atoms with Crippen molar-refractivity contribution in [2.75, 3.05) is 44.8 Å².